The Morgan fingerprint density at radius 1 is 1.55 bits per heavy atom. The number of carbonyl (C=O) groups excluding carboxylic acids is 1. The summed E-state index contributed by atoms with van der Waals surface area (Å²) in [6.45, 7) is 8.93. The Kier molecular flexibility index (Phi) is 6.19. The minimum absolute atomic E-state index is 0.178. The topological polar surface area (TPSA) is 54.5 Å². The summed E-state index contributed by atoms with van der Waals surface area (Å²) >= 11 is 0. The second-order valence-electron chi connectivity index (χ2n) is 6.09. The van der Waals surface area contributed by atoms with E-state index in [2.05, 4.69) is 30.2 Å². The van der Waals surface area contributed by atoms with Gasteiger partial charge >= 0.3 is 6.09 Å². The van der Waals surface area contributed by atoms with Crippen LogP contribution in [0.5, 0.6) is 0 Å². The third-order valence-electron chi connectivity index (χ3n) is 4.25. The maximum atomic E-state index is 11.9. The molecular formula is C17H27N3O2. The Balaban J connectivity index is 1.83. The van der Waals surface area contributed by atoms with Gasteiger partial charge in [0.1, 0.15) is 0 Å². The Morgan fingerprint density at radius 2 is 2.36 bits per heavy atom. The van der Waals surface area contributed by atoms with Crippen LogP contribution >= 0.6 is 0 Å². The molecule has 5 nitrogen and oxygen atoms in total. The van der Waals surface area contributed by atoms with Crippen LogP contribution in [0.25, 0.3) is 0 Å². The van der Waals surface area contributed by atoms with E-state index in [4.69, 9.17) is 4.74 Å². The molecule has 0 spiro atoms. The number of piperidine rings is 1. The van der Waals surface area contributed by atoms with Gasteiger partial charge in [0.05, 0.1) is 6.61 Å². The highest BCUT2D eigenvalue weighted by atomic mass is 16.6. The number of hydrogen-bond acceptors (Lipinski definition) is 4. The number of rotatable bonds is 5. The quantitative estimate of drug-likeness (QED) is 0.909. The fourth-order valence-electron chi connectivity index (χ4n) is 2.96. The largest absolute Gasteiger partial charge is 0.450 e. The van der Waals surface area contributed by atoms with Gasteiger partial charge in [0.15, 0.2) is 0 Å². The van der Waals surface area contributed by atoms with Crippen LogP contribution in [0.15, 0.2) is 18.5 Å². The van der Waals surface area contributed by atoms with Crippen molar-refractivity contribution in [2.24, 2.45) is 5.92 Å². The summed E-state index contributed by atoms with van der Waals surface area (Å²) in [6, 6.07) is 2.51. The number of nitrogens with zero attached hydrogens (tertiary/aromatic N) is 2. The highest BCUT2D eigenvalue weighted by Gasteiger charge is 2.27. The first-order valence-corrected chi connectivity index (χ1v) is 8.15. The molecule has 0 aliphatic carbocycles. The van der Waals surface area contributed by atoms with E-state index in [1.807, 2.05) is 24.2 Å². The molecule has 0 bridgehead atoms. The fraction of sp³-hybridized carbons (Fsp3) is 0.647. The second kappa shape index (κ2) is 8.13. The van der Waals surface area contributed by atoms with Crippen LogP contribution in [0.4, 0.5) is 4.79 Å². The summed E-state index contributed by atoms with van der Waals surface area (Å²) in [6.07, 6.45) is 5.78. The molecule has 0 unspecified atom stereocenters. The number of pyridine rings is 1. The summed E-state index contributed by atoms with van der Waals surface area (Å²) in [4.78, 5) is 17.9. The standard InChI is InChI=1S/C17H27N3O2/c1-4-22-17(21)20-7-5-6-16(12-20)14(3)19-11-15-8-13(2)9-18-10-15/h8-10,14,16,19H,4-7,11-12H2,1-3H3/t14-,16-/m1/s1. The molecule has 2 rings (SSSR count). The molecule has 1 aliphatic heterocycles. The fourth-order valence-corrected chi connectivity index (χ4v) is 2.96. The normalized spacial score (nSPS) is 19.8. The minimum Gasteiger partial charge on any atom is -0.450 e. The van der Waals surface area contributed by atoms with E-state index in [-0.39, 0.29) is 6.09 Å². The van der Waals surface area contributed by atoms with Gasteiger partial charge in [0, 0.05) is 38.1 Å². The summed E-state index contributed by atoms with van der Waals surface area (Å²) in [7, 11) is 0. The first-order chi connectivity index (χ1) is 10.6. The molecule has 1 aromatic rings. The lowest BCUT2D eigenvalue weighted by atomic mass is 9.91. The van der Waals surface area contributed by atoms with E-state index in [1.165, 1.54) is 11.1 Å². The second-order valence-corrected chi connectivity index (χ2v) is 6.09. The van der Waals surface area contributed by atoms with Crippen LogP contribution in [0.3, 0.4) is 0 Å². The predicted molar refractivity (Wildman–Crippen MR) is 86.6 cm³/mol. The number of likely N-dealkylation sites (tertiary alicyclic amines) is 1. The molecule has 1 amide bonds. The highest BCUT2D eigenvalue weighted by molar-refractivity contribution is 5.67. The van der Waals surface area contributed by atoms with E-state index < -0.39 is 0 Å². The van der Waals surface area contributed by atoms with Crippen molar-refractivity contribution in [3.05, 3.63) is 29.6 Å². The van der Waals surface area contributed by atoms with Gasteiger partial charge in [-0.15, -0.1) is 0 Å². The van der Waals surface area contributed by atoms with Gasteiger partial charge < -0.3 is 15.0 Å². The number of aromatic nitrogens is 1. The zero-order valence-corrected chi connectivity index (χ0v) is 13.8. The Morgan fingerprint density at radius 3 is 3.09 bits per heavy atom. The van der Waals surface area contributed by atoms with Gasteiger partial charge in [-0.3, -0.25) is 4.98 Å². The van der Waals surface area contributed by atoms with Crippen LogP contribution in [0.1, 0.15) is 37.8 Å². The Bertz CT molecular complexity index is 493. The number of aryl methyl sites for hydroxylation is 1. The average molecular weight is 305 g/mol. The lowest BCUT2D eigenvalue weighted by Crippen LogP contribution is -2.46. The van der Waals surface area contributed by atoms with E-state index in [1.54, 1.807) is 0 Å². The van der Waals surface area contributed by atoms with Crippen molar-refractivity contribution in [2.45, 2.75) is 46.2 Å². The number of amides is 1. The van der Waals surface area contributed by atoms with Gasteiger partial charge in [-0.2, -0.15) is 0 Å². The van der Waals surface area contributed by atoms with E-state index >= 15 is 0 Å². The summed E-state index contributed by atoms with van der Waals surface area (Å²) in [5.41, 5.74) is 2.38. The molecule has 1 aliphatic rings. The van der Waals surface area contributed by atoms with Crippen molar-refractivity contribution in [1.82, 2.24) is 15.2 Å². The number of ether oxygens (including phenoxy) is 1. The van der Waals surface area contributed by atoms with Crippen molar-refractivity contribution in [2.75, 3.05) is 19.7 Å². The first kappa shape index (κ1) is 16.7. The van der Waals surface area contributed by atoms with E-state index in [0.717, 1.165) is 32.5 Å². The monoisotopic (exact) mass is 305 g/mol. The van der Waals surface area contributed by atoms with E-state index in [0.29, 0.717) is 18.6 Å². The smallest absolute Gasteiger partial charge is 0.409 e. The first-order valence-electron chi connectivity index (χ1n) is 8.15. The zero-order valence-electron chi connectivity index (χ0n) is 13.8. The lowest BCUT2D eigenvalue weighted by Gasteiger charge is -2.35. The SMILES string of the molecule is CCOC(=O)N1CCC[C@@H]([C@@H](C)NCc2cncc(C)c2)C1. The van der Waals surface area contributed by atoms with Crippen molar-refractivity contribution in [1.29, 1.82) is 0 Å². The molecule has 0 aromatic carbocycles. The molecule has 0 radical (unpaired) electrons. The van der Waals surface area contributed by atoms with Gasteiger partial charge in [-0.05, 0) is 50.7 Å². The number of hydrogen-bond donors (Lipinski definition) is 1. The molecule has 2 heterocycles. The molecule has 1 saturated heterocycles. The van der Waals surface area contributed by atoms with Crippen molar-refractivity contribution in [3.8, 4) is 0 Å². The van der Waals surface area contributed by atoms with E-state index in [9.17, 15) is 4.79 Å². The molecule has 1 aromatic heterocycles. The molecular weight excluding hydrogens is 278 g/mol. The van der Waals surface area contributed by atoms with Crippen LogP contribution in [-0.2, 0) is 11.3 Å². The maximum Gasteiger partial charge on any atom is 0.409 e. The minimum atomic E-state index is -0.178. The molecule has 1 N–H and O–H groups in total. The molecule has 5 heteroatoms. The Hall–Kier alpha value is -1.62. The van der Waals surface area contributed by atoms with Crippen LogP contribution in [0.2, 0.25) is 0 Å². The summed E-state index contributed by atoms with van der Waals surface area (Å²) in [5.74, 6) is 0.468. The van der Waals surface area contributed by atoms with Crippen LogP contribution in [0, 0.1) is 12.8 Å². The van der Waals surface area contributed by atoms with Gasteiger partial charge in [-0.25, -0.2) is 4.79 Å². The number of nitrogens with one attached hydrogen (secondary N) is 1. The van der Waals surface area contributed by atoms with Crippen LogP contribution < -0.4 is 5.32 Å². The predicted octanol–water partition coefficient (Wildman–Crippen LogP) is 2.74. The third kappa shape index (κ3) is 4.70. The third-order valence-corrected chi connectivity index (χ3v) is 4.25. The Labute approximate surface area is 133 Å². The summed E-state index contributed by atoms with van der Waals surface area (Å²) in [5, 5.41) is 3.57. The zero-order chi connectivity index (χ0) is 15.9. The van der Waals surface area contributed by atoms with Crippen LogP contribution in [-0.4, -0.2) is 41.7 Å². The molecule has 22 heavy (non-hydrogen) atoms. The van der Waals surface area contributed by atoms with Gasteiger partial charge in [0.25, 0.3) is 0 Å². The van der Waals surface area contributed by atoms with Crippen molar-refractivity contribution in [3.63, 3.8) is 0 Å². The molecule has 2 atom stereocenters. The number of carbonyl (C=O) groups is 1. The molecule has 1 fully saturated rings. The van der Waals surface area contributed by atoms with Gasteiger partial charge in [-0.1, -0.05) is 6.07 Å². The van der Waals surface area contributed by atoms with Gasteiger partial charge in [0.2, 0.25) is 0 Å². The maximum absolute atomic E-state index is 11.9. The summed E-state index contributed by atoms with van der Waals surface area (Å²) < 4.78 is 5.11. The van der Waals surface area contributed by atoms with Crippen molar-refractivity contribution < 1.29 is 9.53 Å². The molecule has 122 valence electrons. The molecule has 0 saturated carbocycles. The average Bonchev–Trinajstić information content (AvgIpc) is 2.53. The lowest BCUT2D eigenvalue weighted by molar-refractivity contribution is 0.0830. The highest BCUT2D eigenvalue weighted by Crippen LogP contribution is 2.20. The van der Waals surface area contributed by atoms with Crippen molar-refractivity contribution >= 4 is 6.09 Å².